The number of rotatable bonds is 7. The van der Waals surface area contributed by atoms with Crippen molar-refractivity contribution in [1.29, 1.82) is 5.41 Å². The number of aliphatic hydroxyl groups is 1. The Balaban J connectivity index is 2.08. The zero-order chi connectivity index (χ0) is 25.3. The smallest absolute Gasteiger partial charge is 0.392 e. The minimum atomic E-state index is -4.87. The summed E-state index contributed by atoms with van der Waals surface area (Å²) >= 11 is 13.2. The average Bonchev–Trinajstić information content (AvgIpc) is 3.24. The first-order chi connectivity index (χ1) is 15.8. The Kier molecular flexibility index (Phi) is 7.79. The fourth-order valence-electron chi connectivity index (χ4n) is 2.95. The van der Waals surface area contributed by atoms with Crippen molar-refractivity contribution in [2.24, 2.45) is 0 Å². The summed E-state index contributed by atoms with van der Waals surface area (Å²) in [5, 5.41) is 20.2. The number of allylic oxidation sites excluding steroid dienone is 1. The summed E-state index contributed by atoms with van der Waals surface area (Å²) in [5.41, 5.74) is -0.635. The lowest BCUT2D eigenvalue weighted by Crippen LogP contribution is -2.20. The Morgan fingerprint density at radius 3 is 2.47 bits per heavy atom. The average molecular weight is 549 g/mol. The van der Waals surface area contributed by atoms with E-state index in [0.29, 0.717) is 26.4 Å². The largest absolute Gasteiger partial charge is 0.432 e. The van der Waals surface area contributed by atoms with Gasteiger partial charge >= 0.3 is 6.18 Å². The highest BCUT2D eigenvalue weighted by Crippen LogP contribution is 2.36. The summed E-state index contributed by atoms with van der Waals surface area (Å²) in [5.74, 6) is 0. The van der Waals surface area contributed by atoms with E-state index in [-0.39, 0.29) is 26.9 Å². The summed E-state index contributed by atoms with van der Waals surface area (Å²) in [7, 11) is -3.63. The molecule has 1 aromatic heterocycles. The second kappa shape index (κ2) is 10.1. The van der Waals surface area contributed by atoms with Crippen molar-refractivity contribution in [1.82, 2.24) is 0 Å². The van der Waals surface area contributed by atoms with Crippen LogP contribution in [0.2, 0.25) is 10.0 Å². The summed E-state index contributed by atoms with van der Waals surface area (Å²) in [4.78, 5) is 0.862. The second-order valence-corrected chi connectivity index (χ2v) is 11.0. The Bertz CT molecular complexity index is 1380. The molecule has 0 radical (unpaired) electrons. The third-order valence-corrected chi connectivity index (χ3v) is 7.50. The van der Waals surface area contributed by atoms with E-state index in [1.54, 1.807) is 18.2 Å². The molecule has 34 heavy (non-hydrogen) atoms. The molecule has 0 amide bonds. The number of hydrogen-bond donors (Lipinski definition) is 3. The van der Waals surface area contributed by atoms with Crippen LogP contribution in [-0.2, 0) is 16.4 Å². The fourth-order valence-corrected chi connectivity index (χ4v) is 5.22. The molecule has 1 heterocycles. The van der Waals surface area contributed by atoms with Crippen molar-refractivity contribution in [3.8, 4) is 10.4 Å². The Hall–Kier alpha value is -2.37. The summed E-state index contributed by atoms with van der Waals surface area (Å²) in [6, 6.07) is 12.1. The second-order valence-electron chi connectivity index (χ2n) is 7.14. The van der Waals surface area contributed by atoms with Crippen LogP contribution in [0.15, 0.2) is 59.5 Å². The minimum Gasteiger partial charge on any atom is -0.392 e. The topological polar surface area (TPSA) is 90.2 Å². The number of thiophene rings is 1. The fraction of sp³-hybridized carbons (Fsp3) is 0.136. The Morgan fingerprint density at radius 2 is 1.85 bits per heavy atom. The molecule has 0 unspecified atom stereocenters. The molecule has 180 valence electrons. The lowest BCUT2D eigenvalue weighted by Gasteiger charge is -2.13. The van der Waals surface area contributed by atoms with E-state index in [1.165, 1.54) is 30.3 Å². The van der Waals surface area contributed by atoms with E-state index < -0.39 is 28.3 Å². The van der Waals surface area contributed by atoms with Gasteiger partial charge in [-0.25, -0.2) is 8.42 Å². The van der Waals surface area contributed by atoms with Gasteiger partial charge < -0.3 is 10.4 Å². The van der Waals surface area contributed by atoms with Gasteiger partial charge in [0.25, 0.3) is 0 Å². The molecule has 12 heteroatoms. The molecule has 0 spiro atoms. The lowest BCUT2D eigenvalue weighted by molar-refractivity contribution is -0.0583. The molecule has 5 nitrogen and oxygen atoms in total. The zero-order valence-electron chi connectivity index (χ0n) is 17.4. The number of hydrogen-bond acceptors (Lipinski definition) is 6. The van der Waals surface area contributed by atoms with Gasteiger partial charge in [-0.3, -0.25) is 5.41 Å². The maximum atomic E-state index is 13.1. The molecule has 0 saturated heterocycles. The van der Waals surface area contributed by atoms with E-state index >= 15 is 0 Å². The predicted molar refractivity (Wildman–Crippen MR) is 131 cm³/mol. The lowest BCUT2D eigenvalue weighted by atomic mass is 10.1. The van der Waals surface area contributed by atoms with Crippen LogP contribution in [0.4, 0.5) is 18.9 Å². The van der Waals surface area contributed by atoms with E-state index in [9.17, 15) is 26.7 Å². The highest BCUT2D eigenvalue weighted by atomic mass is 35.5. The highest BCUT2D eigenvalue weighted by molar-refractivity contribution is 7.90. The molecule has 0 atom stereocenters. The van der Waals surface area contributed by atoms with Gasteiger partial charge in [0.1, 0.15) is 5.71 Å². The minimum absolute atomic E-state index is 0.0408. The number of benzene rings is 2. The van der Waals surface area contributed by atoms with Gasteiger partial charge in [0.05, 0.1) is 32.8 Å². The monoisotopic (exact) mass is 548 g/mol. The first-order valence-corrected chi connectivity index (χ1v) is 12.9. The van der Waals surface area contributed by atoms with Crippen LogP contribution in [0.3, 0.4) is 0 Å². The Labute approximate surface area is 207 Å². The standard InChI is InChI=1S/C22H17Cl2F3N2O3S2/c1-34(31,32)20-8-12(2-3-13(20)11-30)18-6-7-19(33-18)17(10-21(28)22(25,26)27)29-16-9-14(23)4-5-15(16)24/h2-10,28-30H,11H2,1H3/b17-10-,28-21?. The van der Waals surface area contributed by atoms with Crippen LogP contribution in [-0.4, -0.2) is 31.7 Å². The van der Waals surface area contributed by atoms with Crippen molar-refractivity contribution in [2.45, 2.75) is 17.7 Å². The van der Waals surface area contributed by atoms with E-state index in [0.717, 1.165) is 17.6 Å². The highest BCUT2D eigenvalue weighted by Gasteiger charge is 2.33. The van der Waals surface area contributed by atoms with Gasteiger partial charge in [0.15, 0.2) is 9.84 Å². The van der Waals surface area contributed by atoms with E-state index in [1.807, 2.05) is 0 Å². The molecule has 0 bridgehead atoms. The molecule has 0 aliphatic carbocycles. The predicted octanol–water partition coefficient (Wildman–Crippen LogP) is 6.65. The van der Waals surface area contributed by atoms with Crippen molar-refractivity contribution < 1.29 is 26.7 Å². The van der Waals surface area contributed by atoms with Gasteiger partial charge in [-0.05, 0) is 53.6 Å². The van der Waals surface area contributed by atoms with E-state index in [4.69, 9.17) is 28.6 Å². The number of aliphatic hydroxyl groups excluding tert-OH is 1. The maximum Gasteiger partial charge on any atom is 0.432 e. The van der Waals surface area contributed by atoms with Crippen molar-refractivity contribution in [2.75, 3.05) is 11.6 Å². The zero-order valence-corrected chi connectivity index (χ0v) is 20.5. The third kappa shape index (κ3) is 6.19. The number of nitrogens with one attached hydrogen (secondary N) is 2. The third-order valence-electron chi connectivity index (χ3n) is 4.58. The van der Waals surface area contributed by atoms with Crippen molar-refractivity contribution >= 4 is 61.5 Å². The van der Waals surface area contributed by atoms with E-state index in [2.05, 4.69) is 5.32 Å². The molecule has 0 aliphatic heterocycles. The summed E-state index contributed by atoms with van der Waals surface area (Å²) < 4.78 is 63.5. The number of sulfone groups is 1. The van der Waals surface area contributed by atoms with Gasteiger partial charge in [-0.1, -0.05) is 35.3 Å². The van der Waals surface area contributed by atoms with Crippen LogP contribution in [0, 0.1) is 5.41 Å². The molecule has 3 rings (SSSR count). The molecule has 0 saturated carbocycles. The van der Waals surface area contributed by atoms with Crippen LogP contribution in [0.5, 0.6) is 0 Å². The first kappa shape index (κ1) is 26.2. The molecule has 3 aromatic rings. The van der Waals surface area contributed by atoms with Crippen LogP contribution < -0.4 is 5.32 Å². The van der Waals surface area contributed by atoms with Gasteiger partial charge in [-0.2, -0.15) is 13.2 Å². The summed E-state index contributed by atoms with van der Waals surface area (Å²) in [6.07, 6.45) is -3.20. The number of alkyl halides is 3. The van der Waals surface area contributed by atoms with Crippen molar-refractivity contribution in [3.63, 3.8) is 0 Å². The normalized spacial score (nSPS) is 12.6. The maximum absolute atomic E-state index is 13.1. The van der Waals surface area contributed by atoms with Crippen LogP contribution in [0.1, 0.15) is 10.4 Å². The molecule has 0 fully saturated rings. The first-order valence-electron chi connectivity index (χ1n) is 9.43. The van der Waals surface area contributed by atoms with Crippen molar-refractivity contribution in [3.05, 3.63) is 75.1 Å². The molecule has 3 N–H and O–H groups in total. The molecule has 2 aromatic carbocycles. The SMILES string of the molecule is CS(=O)(=O)c1cc(-c2ccc(/C(=C/C(=N)C(F)(F)F)Nc3cc(Cl)ccc3Cl)s2)ccc1CO. The van der Waals surface area contributed by atoms with Gasteiger partial charge in [0, 0.05) is 16.2 Å². The van der Waals surface area contributed by atoms with Crippen LogP contribution >= 0.6 is 34.5 Å². The van der Waals surface area contributed by atoms with Crippen LogP contribution in [0.25, 0.3) is 16.1 Å². The number of halogens is 5. The quantitative estimate of drug-likeness (QED) is 0.288. The molecule has 0 aliphatic rings. The Morgan fingerprint density at radius 1 is 1.15 bits per heavy atom. The van der Waals surface area contributed by atoms with Gasteiger partial charge in [-0.15, -0.1) is 11.3 Å². The summed E-state index contributed by atoms with van der Waals surface area (Å²) in [6.45, 7) is -0.463. The number of anilines is 1. The van der Waals surface area contributed by atoms with Gasteiger partial charge in [0.2, 0.25) is 0 Å². The molecular weight excluding hydrogens is 532 g/mol. The molecular formula is C22H17Cl2F3N2O3S2.